The molecule has 0 atom stereocenters. The van der Waals surface area contributed by atoms with Gasteiger partial charge in [0.15, 0.2) is 0 Å². The summed E-state index contributed by atoms with van der Waals surface area (Å²) in [6.45, 7) is 14.4. The molecule has 0 radical (unpaired) electrons. The molecule has 0 aliphatic carbocycles. The summed E-state index contributed by atoms with van der Waals surface area (Å²) in [5.74, 6) is 0. The van der Waals surface area contributed by atoms with Crippen molar-refractivity contribution in [1.82, 2.24) is 4.57 Å². The van der Waals surface area contributed by atoms with E-state index in [1.807, 2.05) is 0 Å². The molecule has 0 bridgehead atoms. The van der Waals surface area contributed by atoms with E-state index in [0.29, 0.717) is 0 Å². The molecule has 5 rings (SSSR count). The summed E-state index contributed by atoms with van der Waals surface area (Å²) >= 11 is 0. The number of fused-ring (bicyclic) bond motifs is 3. The molecule has 0 N–H and O–H groups in total. The fraction of sp³-hybridized carbons (Fsp3) is 0.314. The largest absolute Gasteiger partial charge is 0.340 e. The minimum atomic E-state index is 1.06. The third-order valence-electron chi connectivity index (χ3n) is 7.76. The highest BCUT2D eigenvalue weighted by molar-refractivity contribution is 6.10. The number of rotatable bonds is 7. The van der Waals surface area contributed by atoms with Crippen molar-refractivity contribution >= 4 is 21.8 Å². The Hall–Kier alpha value is -3.32. The Morgan fingerprint density at radius 1 is 0.556 bits per heavy atom. The molecule has 0 spiro atoms. The van der Waals surface area contributed by atoms with E-state index in [2.05, 4.69) is 113 Å². The third kappa shape index (κ3) is 4.48. The van der Waals surface area contributed by atoms with Gasteiger partial charge < -0.3 is 4.57 Å². The molecule has 0 aliphatic rings. The maximum absolute atomic E-state index is 2.59. The predicted molar refractivity (Wildman–Crippen MR) is 158 cm³/mol. The molecule has 184 valence electrons. The van der Waals surface area contributed by atoms with Crippen molar-refractivity contribution in [3.63, 3.8) is 0 Å². The summed E-state index contributed by atoms with van der Waals surface area (Å²) in [6, 6.07) is 25.6. The standard InChI is InChI=1S/C35H39N/c1-7-8-9-10-17-36-33-21-28(30-14-11-23(2)18-25(30)4)12-15-31(33)32-16-13-29(22-34(32)36)35-26(5)19-24(3)20-27(35)6/h11-16,18-22H,7-10,17H2,1-6H3. The zero-order chi connectivity index (χ0) is 25.4. The minimum absolute atomic E-state index is 1.06. The van der Waals surface area contributed by atoms with E-state index in [4.69, 9.17) is 0 Å². The third-order valence-corrected chi connectivity index (χ3v) is 7.76. The van der Waals surface area contributed by atoms with Crippen LogP contribution in [-0.2, 0) is 6.54 Å². The Labute approximate surface area is 216 Å². The highest BCUT2D eigenvalue weighted by atomic mass is 15.0. The number of hydrogen-bond acceptors (Lipinski definition) is 0. The SMILES string of the molecule is CCCCCCn1c2cc(-c3ccc(C)cc3C)ccc2c2ccc(-c3c(C)cc(C)cc3C)cc21. The van der Waals surface area contributed by atoms with Crippen LogP contribution >= 0.6 is 0 Å². The van der Waals surface area contributed by atoms with Crippen molar-refractivity contribution < 1.29 is 0 Å². The van der Waals surface area contributed by atoms with Gasteiger partial charge in [-0.2, -0.15) is 0 Å². The molecule has 4 aromatic carbocycles. The molecule has 36 heavy (non-hydrogen) atoms. The van der Waals surface area contributed by atoms with Crippen molar-refractivity contribution in [1.29, 1.82) is 0 Å². The Morgan fingerprint density at radius 3 is 1.81 bits per heavy atom. The lowest BCUT2D eigenvalue weighted by atomic mass is 9.93. The van der Waals surface area contributed by atoms with Gasteiger partial charge in [-0.1, -0.05) is 91.9 Å². The Kier molecular flexibility index (Phi) is 6.75. The molecule has 0 fully saturated rings. The highest BCUT2D eigenvalue weighted by Gasteiger charge is 2.15. The fourth-order valence-corrected chi connectivity index (χ4v) is 6.13. The van der Waals surface area contributed by atoms with E-state index in [0.717, 1.165) is 6.54 Å². The van der Waals surface area contributed by atoms with Crippen LogP contribution in [0.2, 0.25) is 0 Å². The molecular weight excluding hydrogens is 434 g/mol. The maximum Gasteiger partial charge on any atom is 0.0497 e. The number of aromatic nitrogens is 1. The van der Waals surface area contributed by atoms with Crippen LogP contribution in [0, 0.1) is 34.6 Å². The molecule has 1 heteroatoms. The lowest BCUT2D eigenvalue weighted by Gasteiger charge is -2.13. The highest BCUT2D eigenvalue weighted by Crippen LogP contribution is 2.37. The minimum Gasteiger partial charge on any atom is -0.340 e. The average Bonchev–Trinajstić information content (AvgIpc) is 3.13. The van der Waals surface area contributed by atoms with Crippen LogP contribution in [0.1, 0.15) is 60.4 Å². The van der Waals surface area contributed by atoms with Crippen LogP contribution in [0.3, 0.4) is 0 Å². The first kappa shape index (κ1) is 24.4. The molecule has 1 heterocycles. The molecular formula is C35H39N. The molecule has 5 aromatic rings. The number of unbranched alkanes of at least 4 members (excludes halogenated alkanes) is 3. The lowest BCUT2D eigenvalue weighted by molar-refractivity contribution is 0.602. The average molecular weight is 474 g/mol. The predicted octanol–water partition coefficient (Wildman–Crippen LogP) is 10.3. The zero-order valence-corrected chi connectivity index (χ0v) is 22.8. The second-order valence-corrected chi connectivity index (χ2v) is 10.8. The summed E-state index contributed by atoms with van der Waals surface area (Å²) < 4.78 is 2.59. The summed E-state index contributed by atoms with van der Waals surface area (Å²) in [4.78, 5) is 0. The zero-order valence-electron chi connectivity index (χ0n) is 22.8. The Balaban J connectivity index is 1.71. The monoisotopic (exact) mass is 473 g/mol. The van der Waals surface area contributed by atoms with Crippen LogP contribution in [0.15, 0.2) is 66.7 Å². The second kappa shape index (κ2) is 9.97. The lowest BCUT2D eigenvalue weighted by Crippen LogP contribution is -1.98. The van der Waals surface area contributed by atoms with Gasteiger partial charge in [0.1, 0.15) is 0 Å². The maximum atomic E-state index is 2.59. The molecule has 0 unspecified atom stereocenters. The quantitative estimate of drug-likeness (QED) is 0.207. The van der Waals surface area contributed by atoms with Gasteiger partial charge in [0.25, 0.3) is 0 Å². The summed E-state index contributed by atoms with van der Waals surface area (Å²) in [7, 11) is 0. The van der Waals surface area contributed by atoms with Gasteiger partial charge in [0.2, 0.25) is 0 Å². The van der Waals surface area contributed by atoms with Crippen LogP contribution in [-0.4, -0.2) is 4.57 Å². The van der Waals surface area contributed by atoms with Gasteiger partial charge in [-0.3, -0.25) is 0 Å². The number of benzene rings is 4. The smallest absolute Gasteiger partial charge is 0.0497 e. The van der Waals surface area contributed by atoms with Crippen molar-refractivity contribution in [2.24, 2.45) is 0 Å². The van der Waals surface area contributed by atoms with Crippen LogP contribution in [0.5, 0.6) is 0 Å². The number of aryl methyl sites for hydroxylation is 6. The molecule has 1 aromatic heterocycles. The van der Waals surface area contributed by atoms with E-state index >= 15 is 0 Å². The van der Waals surface area contributed by atoms with Gasteiger partial charge in [-0.15, -0.1) is 0 Å². The molecule has 0 amide bonds. The summed E-state index contributed by atoms with van der Waals surface area (Å²) in [5, 5.41) is 2.72. The van der Waals surface area contributed by atoms with E-state index in [1.165, 1.54) is 97.6 Å². The van der Waals surface area contributed by atoms with Crippen LogP contribution < -0.4 is 0 Å². The van der Waals surface area contributed by atoms with Crippen molar-refractivity contribution in [2.45, 2.75) is 73.8 Å². The molecule has 0 saturated heterocycles. The second-order valence-electron chi connectivity index (χ2n) is 10.8. The van der Waals surface area contributed by atoms with Gasteiger partial charge in [0.05, 0.1) is 0 Å². The first-order chi connectivity index (χ1) is 17.4. The fourth-order valence-electron chi connectivity index (χ4n) is 6.13. The Morgan fingerprint density at radius 2 is 1.17 bits per heavy atom. The van der Waals surface area contributed by atoms with E-state index < -0.39 is 0 Å². The normalized spacial score (nSPS) is 11.6. The molecule has 0 saturated carbocycles. The first-order valence-corrected chi connectivity index (χ1v) is 13.6. The van der Waals surface area contributed by atoms with Crippen molar-refractivity contribution in [3.8, 4) is 22.3 Å². The van der Waals surface area contributed by atoms with Crippen LogP contribution in [0.4, 0.5) is 0 Å². The summed E-state index contributed by atoms with van der Waals surface area (Å²) in [5.41, 5.74) is 14.8. The van der Waals surface area contributed by atoms with Crippen molar-refractivity contribution in [3.05, 3.63) is 94.5 Å². The molecule has 1 nitrogen and oxygen atoms in total. The first-order valence-electron chi connectivity index (χ1n) is 13.6. The van der Waals surface area contributed by atoms with Crippen LogP contribution in [0.25, 0.3) is 44.1 Å². The van der Waals surface area contributed by atoms with Crippen molar-refractivity contribution in [2.75, 3.05) is 0 Å². The van der Waals surface area contributed by atoms with Gasteiger partial charge in [-0.25, -0.2) is 0 Å². The van der Waals surface area contributed by atoms with Gasteiger partial charge >= 0.3 is 0 Å². The topological polar surface area (TPSA) is 4.93 Å². The van der Waals surface area contributed by atoms with Gasteiger partial charge in [0, 0.05) is 28.4 Å². The number of nitrogens with zero attached hydrogens (tertiary/aromatic N) is 1. The number of hydrogen-bond donors (Lipinski definition) is 0. The van der Waals surface area contributed by atoms with Gasteiger partial charge in [-0.05, 0) is 92.1 Å². The van der Waals surface area contributed by atoms with E-state index in [9.17, 15) is 0 Å². The Bertz CT molecular complexity index is 1540. The summed E-state index contributed by atoms with van der Waals surface area (Å²) in [6.07, 6.45) is 5.07. The van der Waals surface area contributed by atoms with E-state index in [-0.39, 0.29) is 0 Å². The van der Waals surface area contributed by atoms with E-state index in [1.54, 1.807) is 0 Å². The molecule has 0 aliphatic heterocycles.